The number of carbonyl (C=O) groups excluding carboxylic acids is 1. The second kappa shape index (κ2) is 14.8. The molecule has 0 heterocycles. The highest BCUT2D eigenvalue weighted by atomic mass is 16.5. The SMILES string of the molecule is COC(=O)CCCCCCCCCNCCN=[N+]=[N-]. The molecule has 0 aliphatic carbocycles. The van der Waals surface area contributed by atoms with Crippen LogP contribution in [0.3, 0.4) is 0 Å². The molecule has 6 heteroatoms. The molecule has 0 aromatic carbocycles. The number of carbonyl (C=O) groups is 1. The van der Waals surface area contributed by atoms with E-state index in [2.05, 4.69) is 20.1 Å². The summed E-state index contributed by atoms with van der Waals surface area (Å²) >= 11 is 0. The summed E-state index contributed by atoms with van der Waals surface area (Å²) in [5.41, 5.74) is 8.08. The van der Waals surface area contributed by atoms with Gasteiger partial charge in [-0.15, -0.1) is 0 Å². The van der Waals surface area contributed by atoms with E-state index in [-0.39, 0.29) is 5.97 Å². The summed E-state index contributed by atoms with van der Waals surface area (Å²) in [5.74, 6) is -0.105. The summed E-state index contributed by atoms with van der Waals surface area (Å²) in [4.78, 5) is 13.5. The fourth-order valence-electron chi connectivity index (χ4n) is 1.80. The topological polar surface area (TPSA) is 87.1 Å². The van der Waals surface area contributed by atoms with E-state index >= 15 is 0 Å². The van der Waals surface area contributed by atoms with Crippen LogP contribution in [0.5, 0.6) is 0 Å². The van der Waals surface area contributed by atoms with Crippen molar-refractivity contribution < 1.29 is 9.53 Å². The molecule has 110 valence electrons. The first-order valence-electron chi connectivity index (χ1n) is 7.09. The molecule has 1 N–H and O–H groups in total. The first-order chi connectivity index (χ1) is 9.31. The Morgan fingerprint density at radius 3 is 2.37 bits per heavy atom. The monoisotopic (exact) mass is 270 g/mol. The number of hydrogen-bond acceptors (Lipinski definition) is 4. The van der Waals surface area contributed by atoms with Crippen LogP contribution in [0.1, 0.15) is 51.4 Å². The molecule has 0 aromatic heterocycles. The minimum Gasteiger partial charge on any atom is -0.469 e. The average Bonchev–Trinajstić information content (AvgIpc) is 2.43. The number of ether oxygens (including phenoxy) is 1. The maximum atomic E-state index is 10.9. The normalized spacial score (nSPS) is 9.95. The van der Waals surface area contributed by atoms with Gasteiger partial charge in [-0.25, -0.2) is 0 Å². The Labute approximate surface area is 115 Å². The van der Waals surface area contributed by atoms with Gasteiger partial charge >= 0.3 is 5.97 Å². The molecule has 0 saturated carbocycles. The number of nitrogens with zero attached hydrogens (tertiary/aromatic N) is 3. The molecule has 0 aromatic rings. The highest BCUT2D eigenvalue weighted by molar-refractivity contribution is 5.68. The molecule has 0 aliphatic heterocycles. The number of hydrogen-bond donors (Lipinski definition) is 1. The van der Waals surface area contributed by atoms with Gasteiger partial charge in [-0.1, -0.05) is 37.2 Å². The van der Waals surface area contributed by atoms with Gasteiger partial charge in [-0.2, -0.15) is 0 Å². The molecular formula is C13H26N4O2. The molecule has 0 radical (unpaired) electrons. The van der Waals surface area contributed by atoms with E-state index in [1.165, 1.54) is 39.2 Å². The van der Waals surface area contributed by atoms with Crippen LogP contribution in [-0.2, 0) is 9.53 Å². The van der Waals surface area contributed by atoms with Gasteiger partial charge in [0.15, 0.2) is 0 Å². The van der Waals surface area contributed by atoms with Gasteiger partial charge in [0.2, 0.25) is 0 Å². The number of nitrogens with one attached hydrogen (secondary N) is 1. The van der Waals surface area contributed by atoms with Crippen LogP contribution in [-0.4, -0.2) is 32.7 Å². The third kappa shape index (κ3) is 14.7. The first-order valence-corrected chi connectivity index (χ1v) is 7.09. The molecule has 0 unspecified atom stereocenters. The molecule has 19 heavy (non-hydrogen) atoms. The second-order valence-electron chi connectivity index (χ2n) is 4.51. The van der Waals surface area contributed by atoms with E-state index in [9.17, 15) is 4.79 Å². The lowest BCUT2D eigenvalue weighted by Gasteiger charge is -2.03. The molecule has 0 spiro atoms. The standard InChI is InChI=1S/C13H26N4O2/c1-19-13(18)9-7-5-3-2-4-6-8-10-15-11-12-16-17-14/h15H,2-12H2,1H3. The molecule has 0 amide bonds. The lowest BCUT2D eigenvalue weighted by atomic mass is 10.1. The van der Waals surface area contributed by atoms with Crippen molar-refractivity contribution in [3.8, 4) is 0 Å². The molecule has 0 atom stereocenters. The van der Waals surface area contributed by atoms with Crippen molar-refractivity contribution in [1.82, 2.24) is 5.32 Å². The molecule has 0 bridgehead atoms. The maximum Gasteiger partial charge on any atom is 0.305 e. The van der Waals surface area contributed by atoms with E-state index in [0.717, 1.165) is 25.9 Å². The van der Waals surface area contributed by atoms with Gasteiger partial charge in [0.25, 0.3) is 0 Å². The van der Waals surface area contributed by atoms with E-state index in [4.69, 9.17) is 5.53 Å². The zero-order valence-electron chi connectivity index (χ0n) is 11.9. The Balaban J connectivity index is 3.02. The van der Waals surface area contributed by atoms with Gasteiger partial charge in [0.05, 0.1) is 7.11 Å². The molecule has 0 rings (SSSR count). The second-order valence-corrected chi connectivity index (χ2v) is 4.51. The molecule has 0 fully saturated rings. The van der Waals surface area contributed by atoms with E-state index in [1.807, 2.05) is 0 Å². The predicted molar refractivity (Wildman–Crippen MR) is 75.8 cm³/mol. The van der Waals surface area contributed by atoms with Gasteiger partial charge in [-0.05, 0) is 24.9 Å². The summed E-state index contributed by atoms with van der Waals surface area (Å²) in [6.45, 7) is 2.28. The first kappa shape index (κ1) is 17.7. The van der Waals surface area contributed by atoms with Crippen molar-refractivity contribution in [2.45, 2.75) is 51.4 Å². The van der Waals surface area contributed by atoms with Crippen LogP contribution >= 0.6 is 0 Å². The van der Waals surface area contributed by atoms with Crippen LogP contribution in [0.15, 0.2) is 5.11 Å². The number of esters is 1. The third-order valence-corrected chi connectivity index (χ3v) is 2.91. The van der Waals surface area contributed by atoms with E-state index < -0.39 is 0 Å². The van der Waals surface area contributed by atoms with Gasteiger partial charge < -0.3 is 10.1 Å². The fraction of sp³-hybridized carbons (Fsp3) is 0.923. The zero-order chi connectivity index (χ0) is 14.2. The lowest BCUT2D eigenvalue weighted by molar-refractivity contribution is -0.140. The lowest BCUT2D eigenvalue weighted by Crippen LogP contribution is -2.18. The Morgan fingerprint density at radius 1 is 1.11 bits per heavy atom. The number of methoxy groups -OCH3 is 1. The van der Waals surface area contributed by atoms with Crippen LogP contribution in [0.4, 0.5) is 0 Å². The van der Waals surface area contributed by atoms with Crippen molar-refractivity contribution in [1.29, 1.82) is 0 Å². The molecule has 0 saturated heterocycles. The maximum absolute atomic E-state index is 10.9. The number of unbranched alkanes of at least 4 members (excludes halogenated alkanes) is 6. The highest BCUT2D eigenvalue weighted by Crippen LogP contribution is 2.08. The largest absolute Gasteiger partial charge is 0.469 e. The quantitative estimate of drug-likeness (QED) is 0.183. The summed E-state index contributed by atoms with van der Waals surface area (Å²) in [6.07, 6.45) is 8.67. The average molecular weight is 270 g/mol. The Kier molecular flexibility index (Phi) is 13.8. The number of rotatable bonds is 13. The van der Waals surface area contributed by atoms with Crippen molar-refractivity contribution in [3.63, 3.8) is 0 Å². The van der Waals surface area contributed by atoms with Crippen molar-refractivity contribution in [2.24, 2.45) is 5.11 Å². The van der Waals surface area contributed by atoms with Crippen molar-refractivity contribution in [2.75, 3.05) is 26.7 Å². The summed E-state index contributed by atoms with van der Waals surface area (Å²) in [5, 5.41) is 6.69. The predicted octanol–water partition coefficient (Wildman–Crippen LogP) is 3.18. The zero-order valence-corrected chi connectivity index (χ0v) is 11.9. The molecule has 0 aliphatic rings. The molecule has 6 nitrogen and oxygen atoms in total. The van der Waals surface area contributed by atoms with Crippen LogP contribution in [0, 0.1) is 0 Å². The highest BCUT2D eigenvalue weighted by Gasteiger charge is 1.98. The summed E-state index contributed by atoms with van der Waals surface area (Å²) in [6, 6.07) is 0. The summed E-state index contributed by atoms with van der Waals surface area (Å²) in [7, 11) is 1.43. The number of azide groups is 1. The van der Waals surface area contributed by atoms with Gasteiger partial charge in [0.1, 0.15) is 0 Å². The Bertz CT molecular complexity index is 265. The van der Waals surface area contributed by atoms with Crippen LogP contribution in [0.2, 0.25) is 0 Å². The van der Waals surface area contributed by atoms with Crippen molar-refractivity contribution >= 4 is 5.97 Å². The van der Waals surface area contributed by atoms with Crippen molar-refractivity contribution in [3.05, 3.63) is 10.4 Å². The minimum absolute atomic E-state index is 0.105. The fourth-order valence-corrected chi connectivity index (χ4v) is 1.80. The third-order valence-electron chi connectivity index (χ3n) is 2.91. The Hall–Kier alpha value is -1.26. The smallest absolute Gasteiger partial charge is 0.305 e. The van der Waals surface area contributed by atoms with Crippen LogP contribution < -0.4 is 5.32 Å². The Morgan fingerprint density at radius 2 is 1.74 bits per heavy atom. The summed E-state index contributed by atoms with van der Waals surface area (Å²) < 4.78 is 4.59. The van der Waals surface area contributed by atoms with Gasteiger partial charge in [0, 0.05) is 24.4 Å². The molecular weight excluding hydrogens is 244 g/mol. The van der Waals surface area contributed by atoms with E-state index in [0.29, 0.717) is 13.0 Å². The van der Waals surface area contributed by atoms with Crippen LogP contribution in [0.25, 0.3) is 10.4 Å². The van der Waals surface area contributed by atoms with Gasteiger partial charge in [-0.3, -0.25) is 4.79 Å². The minimum atomic E-state index is -0.105. The van der Waals surface area contributed by atoms with E-state index in [1.54, 1.807) is 0 Å².